The molecule has 9 heteroatoms. The lowest BCUT2D eigenvalue weighted by molar-refractivity contribution is -0.133. The molecule has 1 aliphatic heterocycles. The summed E-state index contributed by atoms with van der Waals surface area (Å²) in [6.07, 6.45) is 2.34. The van der Waals surface area contributed by atoms with Gasteiger partial charge in [-0.2, -0.15) is 0 Å². The molecule has 0 spiro atoms. The van der Waals surface area contributed by atoms with Crippen molar-refractivity contribution in [3.63, 3.8) is 0 Å². The zero-order valence-corrected chi connectivity index (χ0v) is 20.4. The summed E-state index contributed by atoms with van der Waals surface area (Å²) in [6, 6.07) is 15.7. The number of aromatic amines is 1. The number of aromatic nitrogens is 2. The molecular formula is C28H30N4O5. The van der Waals surface area contributed by atoms with Crippen molar-refractivity contribution in [3.05, 3.63) is 93.2 Å². The van der Waals surface area contributed by atoms with Crippen molar-refractivity contribution in [2.75, 3.05) is 26.3 Å². The van der Waals surface area contributed by atoms with Crippen LogP contribution in [-0.4, -0.2) is 68.4 Å². The molecule has 5 N–H and O–H groups in total. The molecule has 0 saturated carbocycles. The van der Waals surface area contributed by atoms with Crippen LogP contribution in [0.15, 0.2) is 59.7 Å². The van der Waals surface area contributed by atoms with E-state index in [1.165, 1.54) is 6.33 Å². The largest absolute Gasteiger partial charge is 0.502 e. The van der Waals surface area contributed by atoms with Gasteiger partial charge in [-0.05, 0) is 41.8 Å². The smallest absolute Gasteiger partial charge is 0.293 e. The second-order valence-electron chi connectivity index (χ2n) is 9.04. The zero-order chi connectivity index (χ0) is 26.2. The van der Waals surface area contributed by atoms with Gasteiger partial charge >= 0.3 is 0 Å². The van der Waals surface area contributed by atoms with E-state index in [2.05, 4.69) is 27.1 Å². The summed E-state index contributed by atoms with van der Waals surface area (Å²) in [6.45, 7) is 1.38. The molecule has 1 amide bonds. The molecule has 1 fully saturated rings. The average Bonchev–Trinajstić information content (AvgIpc) is 3.41. The van der Waals surface area contributed by atoms with Gasteiger partial charge in [-0.15, -0.1) is 0 Å². The number of aliphatic hydroxyl groups is 2. The van der Waals surface area contributed by atoms with Gasteiger partial charge in [0, 0.05) is 49.1 Å². The molecule has 192 valence electrons. The fraction of sp³-hybridized carbons (Fsp3) is 0.321. The first-order valence-electron chi connectivity index (χ1n) is 12.2. The van der Waals surface area contributed by atoms with Gasteiger partial charge in [0.1, 0.15) is 6.61 Å². The van der Waals surface area contributed by atoms with Crippen molar-refractivity contribution in [2.24, 2.45) is 0 Å². The third-order valence-corrected chi connectivity index (χ3v) is 6.52. The van der Waals surface area contributed by atoms with Crippen LogP contribution in [0.3, 0.4) is 0 Å². The van der Waals surface area contributed by atoms with Gasteiger partial charge in [0.05, 0.1) is 18.6 Å². The fourth-order valence-corrected chi connectivity index (χ4v) is 4.30. The van der Waals surface area contributed by atoms with E-state index >= 15 is 0 Å². The Bertz CT molecular complexity index is 1330. The Balaban J connectivity index is 1.32. The zero-order valence-electron chi connectivity index (χ0n) is 20.4. The van der Waals surface area contributed by atoms with E-state index in [4.69, 9.17) is 5.11 Å². The number of carbonyl (C=O) groups excluding carboxylic acids is 1. The number of aliphatic hydroxyl groups excluding tert-OH is 2. The first-order chi connectivity index (χ1) is 18.0. The Hall–Kier alpha value is -3.97. The summed E-state index contributed by atoms with van der Waals surface area (Å²) in [5, 5.41) is 32.2. The normalized spacial score (nSPS) is 15.7. The highest BCUT2D eigenvalue weighted by Crippen LogP contribution is 2.22. The number of benzene rings is 2. The number of aromatic hydroxyl groups is 1. The number of H-pyrrole nitrogens is 1. The van der Waals surface area contributed by atoms with Gasteiger partial charge in [-0.3, -0.25) is 9.59 Å². The first kappa shape index (κ1) is 26.1. The van der Waals surface area contributed by atoms with E-state index in [1.54, 1.807) is 4.90 Å². The number of rotatable bonds is 8. The monoisotopic (exact) mass is 502 g/mol. The summed E-state index contributed by atoms with van der Waals surface area (Å²) in [5.41, 5.74) is 3.33. The SMILES string of the molecule is O=C(CO)N1CC[C@@H](NCc2ccc(C#Cc3ccc([C@@H](CO)Cc4nc[nH]c(=O)c4O)cc3)cc2)C1. The molecule has 37 heavy (non-hydrogen) atoms. The average molecular weight is 503 g/mol. The van der Waals surface area contributed by atoms with Crippen LogP contribution in [0, 0.1) is 11.8 Å². The molecule has 4 rings (SSSR count). The highest BCUT2D eigenvalue weighted by Gasteiger charge is 2.25. The van der Waals surface area contributed by atoms with Gasteiger partial charge in [-0.1, -0.05) is 36.1 Å². The van der Waals surface area contributed by atoms with Crippen molar-refractivity contribution in [1.82, 2.24) is 20.2 Å². The summed E-state index contributed by atoms with van der Waals surface area (Å²) in [5.74, 6) is 5.34. The molecule has 0 unspecified atom stereocenters. The van der Waals surface area contributed by atoms with Crippen LogP contribution in [0.2, 0.25) is 0 Å². The Kier molecular flexibility index (Phi) is 8.69. The van der Waals surface area contributed by atoms with Crippen molar-refractivity contribution in [1.29, 1.82) is 0 Å². The lowest BCUT2D eigenvalue weighted by Gasteiger charge is -2.16. The van der Waals surface area contributed by atoms with Gasteiger partial charge in [0.25, 0.3) is 5.56 Å². The van der Waals surface area contributed by atoms with E-state index < -0.39 is 17.9 Å². The van der Waals surface area contributed by atoms with E-state index in [0.717, 1.165) is 28.7 Å². The predicted octanol–water partition coefficient (Wildman–Crippen LogP) is 0.877. The van der Waals surface area contributed by atoms with Crippen LogP contribution < -0.4 is 10.9 Å². The summed E-state index contributed by atoms with van der Waals surface area (Å²) in [4.78, 5) is 31.2. The molecule has 2 aromatic carbocycles. The summed E-state index contributed by atoms with van der Waals surface area (Å²) < 4.78 is 0. The molecule has 2 heterocycles. The van der Waals surface area contributed by atoms with Crippen LogP contribution in [0.1, 0.15) is 40.3 Å². The van der Waals surface area contributed by atoms with Crippen molar-refractivity contribution >= 4 is 5.91 Å². The molecule has 0 radical (unpaired) electrons. The number of carbonyl (C=O) groups is 1. The molecule has 1 aromatic heterocycles. The van der Waals surface area contributed by atoms with Gasteiger partial charge in [0.15, 0.2) is 0 Å². The quantitative estimate of drug-likeness (QED) is 0.288. The van der Waals surface area contributed by atoms with E-state index in [9.17, 15) is 19.8 Å². The maximum absolute atomic E-state index is 11.6. The topological polar surface area (TPSA) is 139 Å². The second-order valence-corrected chi connectivity index (χ2v) is 9.04. The predicted molar refractivity (Wildman–Crippen MR) is 138 cm³/mol. The number of hydrogen-bond donors (Lipinski definition) is 5. The third-order valence-electron chi connectivity index (χ3n) is 6.52. The Morgan fingerprint density at radius 1 is 1.11 bits per heavy atom. The number of amides is 1. The van der Waals surface area contributed by atoms with Gasteiger partial charge < -0.3 is 30.5 Å². The minimum Gasteiger partial charge on any atom is -0.502 e. The van der Waals surface area contributed by atoms with Crippen LogP contribution in [0.4, 0.5) is 0 Å². The Morgan fingerprint density at radius 2 is 1.78 bits per heavy atom. The number of nitrogens with one attached hydrogen (secondary N) is 2. The maximum atomic E-state index is 11.6. The number of nitrogens with zero attached hydrogens (tertiary/aromatic N) is 2. The van der Waals surface area contributed by atoms with Crippen molar-refractivity contribution < 1.29 is 20.1 Å². The van der Waals surface area contributed by atoms with Crippen LogP contribution >= 0.6 is 0 Å². The van der Waals surface area contributed by atoms with Crippen molar-refractivity contribution in [2.45, 2.75) is 31.3 Å². The van der Waals surface area contributed by atoms with Crippen LogP contribution in [-0.2, 0) is 17.8 Å². The summed E-state index contributed by atoms with van der Waals surface area (Å²) >= 11 is 0. The molecular weight excluding hydrogens is 472 g/mol. The molecule has 0 aliphatic carbocycles. The van der Waals surface area contributed by atoms with Crippen LogP contribution in [0.25, 0.3) is 0 Å². The van der Waals surface area contributed by atoms with E-state index in [0.29, 0.717) is 19.6 Å². The van der Waals surface area contributed by atoms with Gasteiger partial charge in [0.2, 0.25) is 11.7 Å². The fourth-order valence-electron chi connectivity index (χ4n) is 4.30. The lowest BCUT2D eigenvalue weighted by Crippen LogP contribution is -2.36. The van der Waals surface area contributed by atoms with Gasteiger partial charge in [-0.25, -0.2) is 4.98 Å². The molecule has 1 saturated heterocycles. The number of hydrogen-bond acceptors (Lipinski definition) is 7. The Morgan fingerprint density at radius 3 is 2.43 bits per heavy atom. The minimum absolute atomic E-state index is 0.153. The molecule has 3 aromatic rings. The number of likely N-dealkylation sites (tertiary alicyclic amines) is 1. The lowest BCUT2D eigenvalue weighted by atomic mass is 9.94. The highest BCUT2D eigenvalue weighted by atomic mass is 16.3. The molecule has 0 bridgehead atoms. The van der Waals surface area contributed by atoms with E-state index in [1.807, 2.05) is 48.5 Å². The first-order valence-corrected chi connectivity index (χ1v) is 12.2. The van der Waals surface area contributed by atoms with Crippen LogP contribution in [0.5, 0.6) is 5.75 Å². The van der Waals surface area contributed by atoms with Crippen molar-refractivity contribution in [3.8, 4) is 17.6 Å². The molecule has 1 aliphatic rings. The Labute approximate surface area is 214 Å². The standard InChI is InChI=1S/C28H30N4O5/c33-16-23(13-25-27(36)28(37)31-18-30-25)22-9-7-20(8-10-22)2-1-19-3-5-21(6-4-19)14-29-24-11-12-32(15-24)26(35)17-34/h3-10,18,23-24,29,33-34,36H,11-17H2,(H,30,31,37)/t23-,24-/m1/s1. The molecule has 2 atom stereocenters. The maximum Gasteiger partial charge on any atom is 0.293 e. The molecule has 9 nitrogen and oxygen atoms in total. The third kappa shape index (κ3) is 6.83. The second kappa shape index (κ2) is 12.3. The van der Waals surface area contributed by atoms with E-state index in [-0.39, 0.29) is 36.6 Å². The highest BCUT2D eigenvalue weighted by molar-refractivity contribution is 5.77. The minimum atomic E-state index is -0.603. The summed E-state index contributed by atoms with van der Waals surface area (Å²) in [7, 11) is 0.